The summed E-state index contributed by atoms with van der Waals surface area (Å²) in [7, 11) is -2.29. The summed E-state index contributed by atoms with van der Waals surface area (Å²) in [6, 6.07) is 0.296. The van der Waals surface area contributed by atoms with Gasteiger partial charge >= 0.3 is 6.18 Å². The molecular formula is C19H24ClF3N6O4S. The summed E-state index contributed by atoms with van der Waals surface area (Å²) in [5.74, 6) is -0.552. The number of halogens is 4. The molecule has 3 rings (SSSR count). The van der Waals surface area contributed by atoms with Crippen molar-refractivity contribution in [3.8, 4) is 0 Å². The monoisotopic (exact) mass is 524 g/mol. The molecular weight excluding hydrogens is 501 g/mol. The molecule has 2 N–H and O–H groups in total. The number of hydrogen-bond acceptors (Lipinski definition) is 7. The molecule has 2 aromatic heterocycles. The van der Waals surface area contributed by atoms with E-state index in [4.69, 9.17) is 11.6 Å². The molecule has 1 aliphatic carbocycles. The van der Waals surface area contributed by atoms with Gasteiger partial charge in [-0.25, -0.2) is 13.1 Å². The van der Waals surface area contributed by atoms with Gasteiger partial charge in [-0.2, -0.15) is 23.4 Å². The number of amides is 1. The van der Waals surface area contributed by atoms with E-state index in [0.717, 1.165) is 18.0 Å². The Bertz CT molecular complexity index is 1240. The number of nitrogens with zero attached hydrogens (tertiary/aromatic N) is 4. The topological polar surface area (TPSA) is 128 Å². The maximum Gasteiger partial charge on any atom is 0.421 e. The van der Waals surface area contributed by atoms with Crippen LogP contribution in [0.15, 0.2) is 17.1 Å². The Balaban J connectivity index is 1.60. The molecule has 1 unspecified atom stereocenters. The van der Waals surface area contributed by atoms with Crippen LogP contribution in [0.5, 0.6) is 0 Å². The van der Waals surface area contributed by atoms with Crippen molar-refractivity contribution in [2.24, 2.45) is 7.05 Å². The average Bonchev–Trinajstić information content (AvgIpc) is 3.11. The molecule has 188 valence electrons. The molecule has 0 aliphatic heterocycles. The van der Waals surface area contributed by atoms with Crippen LogP contribution in [0.25, 0.3) is 0 Å². The Morgan fingerprint density at radius 1 is 1.21 bits per heavy atom. The van der Waals surface area contributed by atoms with Gasteiger partial charge in [0.2, 0.25) is 0 Å². The van der Waals surface area contributed by atoms with E-state index in [1.807, 2.05) is 0 Å². The normalized spacial score (nSPS) is 20.1. The highest BCUT2D eigenvalue weighted by atomic mass is 35.5. The van der Waals surface area contributed by atoms with Crippen LogP contribution < -0.4 is 16.2 Å². The number of carbonyl (C=O) groups is 1. The Kier molecular flexibility index (Phi) is 7.31. The largest absolute Gasteiger partial charge is 0.421 e. The van der Waals surface area contributed by atoms with E-state index in [-0.39, 0.29) is 28.6 Å². The Hall–Kier alpha value is -2.61. The maximum absolute atomic E-state index is 13.1. The van der Waals surface area contributed by atoms with Gasteiger partial charge in [0.15, 0.2) is 15.0 Å². The summed E-state index contributed by atoms with van der Waals surface area (Å²) in [4.78, 5) is 24.3. The first-order chi connectivity index (χ1) is 15.7. The number of aryl methyl sites for hydroxylation is 1. The van der Waals surface area contributed by atoms with Gasteiger partial charge in [0.25, 0.3) is 11.5 Å². The zero-order chi connectivity index (χ0) is 25.4. The third kappa shape index (κ3) is 5.90. The van der Waals surface area contributed by atoms with Gasteiger partial charge in [-0.3, -0.25) is 14.3 Å². The fraction of sp³-hybridized carbons (Fsp3) is 0.579. The molecule has 0 radical (unpaired) electrons. The van der Waals surface area contributed by atoms with Crippen molar-refractivity contribution < 1.29 is 26.4 Å². The highest BCUT2D eigenvalue weighted by Gasteiger charge is 2.35. The molecule has 2 heterocycles. The van der Waals surface area contributed by atoms with Gasteiger partial charge in [0.05, 0.1) is 5.56 Å². The zero-order valence-electron chi connectivity index (χ0n) is 18.6. The first kappa shape index (κ1) is 26.0. The second-order valence-electron chi connectivity index (χ2n) is 8.28. The van der Waals surface area contributed by atoms with Crippen molar-refractivity contribution in [3.05, 3.63) is 38.9 Å². The fourth-order valence-electron chi connectivity index (χ4n) is 3.64. The summed E-state index contributed by atoms with van der Waals surface area (Å²) in [5.41, 5.74) is -2.47. The van der Waals surface area contributed by atoms with Gasteiger partial charge in [-0.15, -0.1) is 0 Å². The molecule has 0 saturated heterocycles. The van der Waals surface area contributed by atoms with Crippen LogP contribution in [0.3, 0.4) is 0 Å². The smallest absolute Gasteiger partial charge is 0.366 e. The molecule has 0 spiro atoms. The van der Waals surface area contributed by atoms with Crippen LogP contribution in [0.4, 0.5) is 19.0 Å². The molecule has 0 bridgehead atoms. The lowest BCUT2D eigenvalue weighted by atomic mass is 9.91. The van der Waals surface area contributed by atoms with Crippen molar-refractivity contribution in [3.63, 3.8) is 0 Å². The lowest BCUT2D eigenvalue weighted by molar-refractivity contribution is -0.139. The molecule has 2 aromatic rings. The van der Waals surface area contributed by atoms with Gasteiger partial charge in [0, 0.05) is 37.7 Å². The van der Waals surface area contributed by atoms with Crippen molar-refractivity contribution in [1.29, 1.82) is 0 Å². The summed E-state index contributed by atoms with van der Waals surface area (Å²) >= 11 is 6.02. The summed E-state index contributed by atoms with van der Waals surface area (Å²) in [6.07, 6.45) is -0.318. The van der Waals surface area contributed by atoms with E-state index in [2.05, 4.69) is 20.8 Å². The highest BCUT2D eigenvalue weighted by molar-refractivity contribution is 7.90. The summed E-state index contributed by atoms with van der Waals surface area (Å²) < 4.78 is 64.4. The molecule has 1 atom stereocenters. The standard InChI is InChI=1S/C19H24ClF3N6O4S/c1-10(34(3,32)33)29-9-13(16(20)27-29)17(30)25-12-6-4-11(5-7-12)24-15-8-14(19(21,22)23)18(31)28(2)26-15/h8-12H,4-7H2,1-3H3,(H,24,26)(H,25,30). The molecule has 0 aromatic carbocycles. The van der Waals surface area contributed by atoms with Crippen molar-refractivity contribution in [2.45, 2.75) is 56.2 Å². The number of anilines is 1. The predicted molar refractivity (Wildman–Crippen MR) is 118 cm³/mol. The van der Waals surface area contributed by atoms with E-state index < -0.39 is 38.4 Å². The first-order valence-electron chi connectivity index (χ1n) is 10.3. The van der Waals surface area contributed by atoms with Gasteiger partial charge < -0.3 is 10.6 Å². The molecule has 10 nitrogen and oxygen atoms in total. The van der Waals surface area contributed by atoms with Gasteiger partial charge in [-0.1, -0.05) is 11.6 Å². The van der Waals surface area contributed by atoms with Crippen LogP contribution >= 0.6 is 11.6 Å². The highest BCUT2D eigenvalue weighted by Crippen LogP contribution is 2.29. The molecule has 1 aliphatic rings. The zero-order valence-corrected chi connectivity index (χ0v) is 20.1. The van der Waals surface area contributed by atoms with Crippen molar-refractivity contribution in [1.82, 2.24) is 24.9 Å². The third-order valence-electron chi connectivity index (χ3n) is 5.71. The maximum atomic E-state index is 13.1. The second kappa shape index (κ2) is 9.56. The number of rotatable bonds is 6. The Morgan fingerprint density at radius 2 is 1.79 bits per heavy atom. The van der Waals surface area contributed by atoms with Gasteiger partial charge in [0.1, 0.15) is 16.8 Å². The molecule has 1 saturated carbocycles. The number of carbonyl (C=O) groups excluding carboxylic acids is 1. The Labute approximate surface area is 198 Å². The first-order valence-corrected chi connectivity index (χ1v) is 12.7. The minimum absolute atomic E-state index is 0.0477. The van der Waals surface area contributed by atoms with E-state index in [1.54, 1.807) is 0 Å². The van der Waals surface area contributed by atoms with Gasteiger partial charge in [-0.05, 0) is 32.6 Å². The van der Waals surface area contributed by atoms with Crippen molar-refractivity contribution in [2.75, 3.05) is 11.6 Å². The number of nitrogens with one attached hydrogen (secondary N) is 2. The number of hydrogen-bond donors (Lipinski definition) is 2. The van der Waals surface area contributed by atoms with Crippen LogP contribution in [-0.4, -0.2) is 52.2 Å². The molecule has 1 fully saturated rings. The van der Waals surface area contributed by atoms with E-state index in [9.17, 15) is 31.2 Å². The predicted octanol–water partition coefficient (Wildman–Crippen LogP) is 2.37. The minimum atomic E-state index is -4.79. The molecule has 1 amide bonds. The lowest BCUT2D eigenvalue weighted by Gasteiger charge is -2.30. The molecule has 15 heteroatoms. The van der Waals surface area contributed by atoms with E-state index in [1.165, 1.54) is 13.1 Å². The number of alkyl halides is 3. The quantitative estimate of drug-likeness (QED) is 0.593. The minimum Gasteiger partial charge on any atom is -0.366 e. The van der Waals surface area contributed by atoms with Crippen LogP contribution in [0.1, 0.15) is 53.9 Å². The lowest BCUT2D eigenvalue weighted by Crippen LogP contribution is -2.40. The fourth-order valence-corrected chi connectivity index (χ4v) is 4.36. The van der Waals surface area contributed by atoms with Crippen LogP contribution in [0.2, 0.25) is 5.15 Å². The summed E-state index contributed by atoms with van der Waals surface area (Å²) in [6.45, 7) is 1.42. The Morgan fingerprint density at radius 3 is 2.35 bits per heavy atom. The second-order valence-corrected chi connectivity index (χ2v) is 11.0. The molecule has 34 heavy (non-hydrogen) atoms. The van der Waals surface area contributed by atoms with Crippen LogP contribution in [0, 0.1) is 0 Å². The van der Waals surface area contributed by atoms with E-state index >= 15 is 0 Å². The van der Waals surface area contributed by atoms with E-state index in [0.29, 0.717) is 36.4 Å². The number of sulfone groups is 1. The summed E-state index contributed by atoms with van der Waals surface area (Å²) in [5, 5.41) is 12.4. The van der Waals surface area contributed by atoms with Crippen molar-refractivity contribution >= 4 is 33.2 Å². The third-order valence-corrected chi connectivity index (χ3v) is 7.44. The average molecular weight is 525 g/mol. The van der Waals surface area contributed by atoms with Crippen LogP contribution in [-0.2, 0) is 23.1 Å². The number of aromatic nitrogens is 4. The SMILES string of the molecule is CC(n1cc(C(=O)NC2CCC(Nc3cc(C(F)(F)F)c(=O)n(C)n3)CC2)c(Cl)n1)S(C)(=O)=O.